The molecule has 3 nitrogen and oxygen atoms in total. The molecule has 0 spiro atoms. The number of benzene rings is 1. The Kier molecular flexibility index (Phi) is 4.56. The van der Waals surface area contributed by atoms with Crippen LogP contribution in [0.3, 0.4) is 0 Å². The van der Waals surface area contributed by atoms with E-state index in [-0.39, 0.29) is 12.1 Å². The number of hydrogen-bond donors (Lipinski definition) is 2. The van der Waals surface area contributed by atoms with Crippen molar-refractivity contribution in [2.24, 2.45) is 5.73 Å². The Bertz CT molecular complexity index is 508. The first-order valence-electron chi connectivity index (χ1n) is 7.05. The van der Waals surface area contributed by atoms with Crippen molar-refractivity contribution in [3.8, 4) is 0 Å². The maximum Gasteiger partial charge on any atom is 0.418 e. The van der Waals surface area contributed by atoms with E-state index in [0.29, 0.717) is 0 Å². The largest absolute Gasteiger partial charge is 0.418 e. The summed E-state index contributed by atoms with van der Waals surface area (Å²) in [6.45, 7) is 0. The number of halogens is 3. The second-order valence-corrected chi connectivity index (χ2v) is 5.69. The monoisotopic (exact) mass is 300 g/mol. The summed E-state index contributed by atoms with van der Waals surface area (Å²) < 4.78 is 38.6. The van der Waals surface area contributed by atoms with Gasteiger partial charge in [0, 0.05) is 12.0 Å². The minimum absolute atomic E-state index is 0.0548. The van der Waals surface area contributed by atoms with Crippen LogP contribution in [-0.2, 0) is 11.0 Å². The van der Waals surface area contributed by atoms with Crippen LogP contribution in [-0.4, -0.2) is 11.4 Å². The second-order valence-electron chi connectivity index (χ2n) is 5.69. The van der Waals surface area contributed by atoms with Gasteiger partial charge in [0.05, 0.1) is 11.3 Å². The molecule has 1 saturated carbocycles. The Morgan fingerprint density at radius 3 is 2.43 bits per heavy atom. The van der Waals surface area contributed by atoms with Gasteiger partial charge in [-0.1, -0.05) is 31.4 Å². The molecule has 1 fully saturated rings. The number of carbonyl (C=O) groups is 1. The van der Waals surface area contributed by atoms with Crippen LogP contribution in [0, 0.1) is 0 Å². The highest BCUT2D eigenvalue weighted by molar-refractivity contribution is 5.92. The topological polar surface area (TPSA) is 55.1 Å². The summed E-state index contributed by atoms with van der Waals surface area (Å²) in [5.74, 6) is -0.462. The van der Waals surface area contributed by atoms with Gasteiger partial charge in [-0.3, -0.25) is 4.79 Å². The van der Waals surface area contributed by atoms with Crippen LogP contribution in [0.2, 0.25) is 0 Å². The molecular weight excluding hydrogens is 281 g/mol. The lowest BCUT2D eigenvalue weighted by molar-refractivity contribution is -0.137. The molecule has 2 rings (SSSR count). The SMILES string of the molecule is NC1(CC(=O)Nc2ccccc2C(F)(F)F)CCCCC1. The zero-order valence-corrected chi connectivity index (χ0v) is 11.7. The quantitative estimate of drug-likeness (QED) is 0.894. The van der Waals surface area contributed by atoms with Crippen molar-refractivity contribution in [2.45, 2.75) is 50.2 Å². The molecule has 1 aromatic carbocycles. The van der Waals surface area contributed by atoms with Crippen molar-refractivity contribution in [1.82, 2.24) is 0 Å². The molecule has 0 atom stereocenters. The first-order chi connectivity index (χ1) is 9.80. The highest BCUT2D eigenvalue weighted by Gasteiger charge is 2.34. The number of amides is 1. The molecule has 116 valence electrons. The molecule has 1 amide bonds. The number of anilines is 1. The fourth-order valence-electron chi connectivity index (χ4n) is 2.79. The van der Waals surface area contributed by atoms with Crippen molar-refractivity contribution >= 4 is 11.6 Å². The lowest BCUT2D eigenvalue weighted by Crippen LogP contribution is -2.44. The number of alkyl halides is 3. The van der Waals surface area contributed by atoms with E-state index in [1.54, 1.807) is 0 Å². The summed E-state index contributed by atoms with van der Waals surface area (Å²) in [5.41, 5.74) is 4.51. The Labute approximate surface area is 121 Å². The maximum absolute atomic E-state index is 12.9. The van der Waals surface area contributed by atoms with Crippen LogP contribution in [0.15, 0.2) is 24.3 Å². The average molecular weight is 300 g/mol. The zero-order valence-electron chi connectivity index (χ0n) is 11.7. The van der Waals surface area contributed by atoms with E-state index >= 15 is 0 Å². The summed E-state index contributed by atoms with van der Waals surface area (Å²) in [6.07, 6.45) is 0.0558. The first-order valence-corrected chi connectivity index (χ1v) is 7.05. The molecule has 0 aliphatic heterocycles. The fraction of sp³-hybridized carbons (Fsp3) is 0.533. The van der Waals surface area contributed by atoms with Gasteiger partial charge in [-0.25, -0.2) is 0 Å². The van der Waals surface area contributed by atoms with Gasteiger partial charge in [-0.15, -0.1) is 0 Å². The van der Waals surface area contributed by atoms with Gasteiger partial charge in [0.15, 0.2) is 0 Å². The van der Waals surface area contributed by atoms with Crippen LogP contribution >= 0.6 is 0 Å². The van der Waals surface area contributed by atoms with Gasteiger partial charge in [0.1, 0.15) is 0 Å². The van der Waals surface area contributed by atoms with Crippen molar-refractivity contribution in [3.63, 3.8) is 0 Å². The maximum atomic E-state index is 12.9. The van der Waals surface area contributed by atoms with Crippen molar-refractivity contribution in [1.29, 1.82) is 0 Å². The molecule has 0 unspecified atom stereocenters. The van der Waals surface area contributed by atoms with Gasteiger partial charge in [-0.2, -0.15) is 13.2 Å². The van der Waals surface area contributed by atoms with E-state index in [1.807, 2.05) is 0 Å². The molecule has 0 aromatic heterocycles. The molecule has 21 heavy (non-hydrogen) atoms. The number of nitrogens with one attached hydrogen (secondary N) is 1. The molecule has 0 bridgehead atoms. The molecule has 0 heterocycles. The predicted molar refractivity (Wildman–Crippen MR) is 74.7 cm³/mol. The zero-order chi connectivity index (χ0) is 15.5. The Morgan fingerprint density at radius 2 is 1.81 bits per heavy atom. The highest BCUT2D eigenvalue weighted by atomic mass is 19.4. The fourth-order valence-corrected chi connectivity index (χ4v) is 2.79. The number of nitrogens with two attached hydrogens (primary N) is 1. The Hall–Kier alpha value is -1.56. The van der Waals surface area contributed by atoms with E-state index in [1.165, 1.54) is 18.2 Å². The van der Waals surface area contributed by atoms with Crippen molar-refractivity contribution in [3.05, 3.63) is 29.8 Å². The molecule has 1 aromatic rings. The van der Waals surface area contributed by atoms with E-state index in [4.69, 9.17) is 5.73 Å². The first kappa shape index (κ1) is 15.8. The lowest BCUT2D eigenvalue weighted by atomic mass is 9.80. The van der Waals surface area contributed by atoms with Gasteiger partial charge in [0.2, 0.25) is 5.91 Å². The minimum atomic E-state index is -4.49. The predicted octanol–water partition coefficient (Wildman–Crippen LogP) is 3.70. The number of hydrogen-bond acceptors (Lipinski definition) is 2. The third-order valence-corrected chi connectivity index (χ3v) is 3.87. The second kappa shape index (κ2) is 6.05. The standard InChI is InChI=1S/C15H19F3N2O/c16-15(17,18)11-6-2-3-7-12(11)20-13(21)10-14(19)8-4-1-5-9-14/h2-3,6-7H,1,4-5,8-10,19H2,(H,20,21). The number of para-hydroxylation sites is 1. The van der Waals surface area contributed by atoms with Crippen LogP contribution in [0.5, 0.6) is 0 Å². The van der Waals surface area contributed by atoms with Gasteiger partial charge in [0.25, 0.3) is 0 Å². The molecule has 1 aliphatic carbocycles. The van der Waals surface area contributed by atoms with Crippen molar-refractivity contribution < 1.29 is 18.0 Å². The molecular formula is C15H19F3N2O. The summed E-state index contributed by atoms with van der Waals surface area (Å²) in [6, 6.07) is 4.97. The smallest absolute Gasteiger partial charge is 0.325 e. The third kappa shape index (κ3) is 4.20. The molecule has 0 saturated heterocycles. The summed E-state index contributed by atoms with van der Waals surface area (Å²) in [4.78, 5) is 12.0. The van der Waals surface area contributed by atoms with Gasteiger partial charge < -0.3 is 11.1 Å². The van der Waals surface area contributed by atoms with Crippen molar-refractivity contribution in [2.75, 3.05) is 5.32 Å². The van der Waals surface area contributed by atoms with E-state index in [2.05, 4.69) is 5.32 Å². The molecule has 6 heteroatoms. The van der Waals surface area contributed by atoms with Crippen LogP contribution in [0.1, 0.15) is 44.1 Å². The van der Waals surface area contributed by atoms with Crippen LogP contribution in [0.25, 0.3) is 0 Å². The van der Waals surface area contributed by atoms with Crippen LogP contribution < -0.4 is 11.1 Å². The average Bonchev–Trinajstić information content (AvgIpc) is 2.38. The van der Waals surface area contributed by atoms with E-state index < -0.39 is 23.2 Å². The Morgan fingerprint density at radius 1 is 1.19 bits per heavy atom. The summed E-state index contributed by atoms with van der Waals surface area (Å²) in [7, 11) is 0. The number of carbonyl (C=O) groups excluding carboxylic acids is 1. The lowest BCUT2D eigenvalue weighted by Gasteiger charge is -2.32. The molecule has 3 N–H and O–H groups in total. The molecule has 0 radical (unpaired) electrons. The van der Waals surface area contributed by atoms with Gasteiger partial charge in [-0.05, 0) is 25.0 Å². The van der Waals surface area contributed by atoms with Gasteiger partial charge >= 0.3 is 6.18 Å². The van der Waals surface area contributed by atoms with Crippen LogP contribution in [0.4, 0.5) is 18.9 Å². The van der Waals surface area contributed by atoms with E-state index in [0.717, 1.165) is 38.2 Å². The summed E-state index contributed by atoms with van der Waals surface area (Å²) >= 11 is 0. The third-order valence-electron chi connectivity index (χ3n) is 3.87. The summed E-state index contributed by atoms with van der Waals surface area (Å²) in [5, 5.41) is 2.35. The minimum Gasteiger partial charge on any atom is -0.325 e. The van der Waals surface area contributed by atoms with E-state index in [9.17, 15) is 18.0 Å². The highest BCUT2D eigenvalue weighted by Crippen LogP contribution is 2.35. The number of rotatable bonds is 3. The molecule has 1 aliphatic rings. The Balaban J connectivity index is 2.06. The normalized spacial score (nSPS) is 18.3.